The molecule has 0 bridgehead atoms. The van der Waals surface area contributed by atoms with Crippen LogP contribution in [-0.4, -0.2) is 40.3 Å². The molecule has 0 radical (unpaired) electrons. The van der Waals surface area contributed by atoms with E-state index < -0.39 is 12.2 Å². The minimum atomic E-state index is -0.786. The number of amides is 1. The topological polar surface area (TPSA) is 124 Å². The van der Waals surface area contributed by atoms with Gasteiger partial charge in [0, 0.05) is 36.4 Å². The first-order valence-electron chi connectivity index (χ1n) is 12.8. The monoisotopic (exact) mass is 522 g/mol. The van der Waals surface area contributed by atoms with E-state index in [0.717, 1.165) is 58.6 Å². The standard InChI is InChI=1S/C27H34N6O3S/c1-27(2,3)23(36-24(28)34)17-8-10-18(11-9-17)31-25-29-13-12-20(32-25)22-21(16-6-7-16)33-26(37-22)30-15-19-5-4-14-35-19/h8-13,16,19,23H,4-7,14-15H2,1-3H3,(H2,28,34)(H,30,33)(H,29,31,32). The number of primary amides is 1. The Hall–Kier alpha value is -3.24. The second kappa shape index (κ2) is 10.6. The van der Waals surface area contributed by atoms with Crippen molar-refractivity contribution < 1.29 is 14.3 Å². The van der Waals surface area contributed by atoms with E-state index in [4.69, 9.17) is 25.2 Å². The van der Waals surface area contributed by atoms with Crippen LogP contribution in [0.3, 0.4) is 0 Å². The van der Waals surface area contributed by atoms with Gasteiger partial charge in [-0.1, -0.05) is 44.2 Å². The van der Waals surface area contributed by atoms with Gasteiger partial charge in [-0.2, -0.15) is 0 Å². The fraction of sp³-hybridized carbons (Fsp3) is 0.481. The summed E-state index contributed by atoms with van der Waals surface area (Å²) in [6.07, 6.45) is 5.35. The molecule has 1 aliphatic heterocycles. The lowest BCUT2D eigenvalue weighted by Crippen LogP contribution is -2.26. The van der Waals surface area contributed by atoms with Crippen LogP contribution in [0.15, 0.2) is 36.5 Å². The van der Waals surface area contributed by atoms with Gasteiger partial charge in [0.2, 0.25) is 5.95 Å². The van der Waals surface area contributed by atoms with Gasteiger partial charge in [-0.05, 0) is 49.4 Å². The molecule has 2 aliphatic rings. The summed E-state index contributed by atoms with van der Waals surface area (Å²) in [5.41, 5.74) is 8.68. The zero-order valence-electron chi connectivity index (χ0n) is 21.5. The molecule has 1 aromatic carbocycles. The number of rotatable bonds is 9. The first-order valence-corrected chi connectivity index (χ1v) is 13.6. The summed E-state index contributed by atoms with van der Waals surface area (Å²) in [7, 11) is 0. The van der Waals surface area contributed by atoms with E-state index in [0.29, 0.717) is 11.9 Å². The molecule has 4 N–H and O–H groups in total. The van der Waals surface area contributed by atoms with Gasteiger partial charge in [0.15, 0.2) is 5.13 Å². The quantitative estimate of drug-likeness (QED) is 0.313. The highest BCUT2D eigenvalue weighted by molar-refractivity contribution is 7.19. The molecule has 1 saturated heterocycles. The predicted octanol–water partition coefficient (Wildman–Crippen LogP) is 5.99. The van der Waals surface area contributed by atoms with Gasteiger partial charge in [0.25, 0.3) is 0 Å². The van der Waals surface area contributed by atoms with Gasteiger partial charge in [-0.3, -0.25) is 0 Å². The highest BCUT2D eigenvalue weighted by Crippen LogP contribution is 2.47. The molecule has 10 heteroatoms. The number of carbonyl (C=O) groups is 1. The first-order chi connectivity index (χ1) is 17.8. The Morgan fingerprint density at radius 1 is 1.19 bits per heavy atom. The number of nitrogens with two attached hydrogens (primary N) is 1. The molecule has 196 valence electrons. The van der Waals surface area contributed by atoms with Crippen molar-refractivity contribution in [2.45, 2.75) is 64.6 Å². The van der Waals surface area contributed by atoms with E-state index in [2.05, 4.69) is 15.6 Å². The van der Waals surface area contributed by atoms with E-state index in [1.54, 1.807) is 17.5 Å². The second-order valence-electron chi connectivity index (χ2n) is 10.7. The number of ether oxygens (including phenoxy) is 2. The van der Waals surface area contributed by atoms with Crippen LogP contribution in [0.2, 0.25) is 0 Å². The van der Waals surface area contributed by atoms with Gasteiger partial charge >= 0.3 is 6.09 Å². The smallest absolute Gasteiger partial charge is 0.405 e. The number of hydrogen-bond acceptors (Lipinski definition) is 9. The van der Waals surface area contributed by atoms with Crippen molar-refractivity contribution >= 4 is 34.2 Å². The Labute approximate surface area is 221 Å². The summed E-state index contributed by atoms with van der Waals surface area (Å²) < 4.78 is 11.1. The number of carbonyl (C=O) groups excluding carboxylic acids is 1. The summed E-state index contributed by atoms with van der Waals surface area (Å²) in [5.74, 6) is 1.01. The highest BCUT2D eigenvalue weighted by Gasteiger charge is 2.31. The molecule has 5 rings (SSSR count). The van der Waals surface area contributed by atoms with Crippen molar-refractivity contribution in [3.63, 3.8) is 0 Å². The second-order valence-corrected chi connectivity index (χ2v) is 11.7. The SMILES string of the molecule is CC(C)(C)C(OC(N)=O)c1ccc(Nc2nccc(-c3sc(NCC4CCCO4)nc3C3CC3)n2)cc1. The normalized spacial score (nSPS) is 18.4. The molecule has 37 heavy (non-hydrogen) atoms. The third-order valence-electron chi connectivity index (χ3n) is 6.50. The number of nitrogens with zero attached hydrogens (tertiary/aromatic N) is 3. The first kappa shape index (κ1) is 25.4. The zero-order chi connectivity index (χ0) is 26.0. The van der Waals surface area contributed by atoms with Crippen LogP contribution in [0, 0.1) is 5.41 Å². The molecule has 2 fully saturated rings. The highest BCUT2D eigenvalue weighted by atomic mass is 32.1. The van der Waals surface area contributed by atoms with Crippen molar-refractivity contribution in [3.8, 4) is 10.6 Å². The third-order valence-corrected chi connectivity index (χ3v) is 7.55. The molecule has 0 spiro atoms. The Morgan fingerprint density at radius 3 is 2.62 bits per heavy atom. The number of hydrogen-bond donors (Lipinski definition) is 3. The summed E-state index contributed by atoms with van der Waals surface area (Å²) >= 11 is 1.64. The molecule has 2 aromatic heterocycles. The lowest BCUT2D eigenvalue weighted by atomic mass is 9.84. The number of aromatic nitrogens is 3. The maximum Gasteiger partial charge on any atom is 0.405 e. The van der Waals surface area contributed by atoms with Gasteiger partial charge in [-0.15, -0.1) is 0 Å². The van der Waals surface area contributed by atoms with Crippen LogP contribution in [0.5, 0.6) is 0 Å². The van der Waals surface area contributed by atoms with Crippen molar-refractivity contribution in [2.75, 3.05) is 23.8 Å². The summed E-state index contributed by atoms with van der Waals surface area (Å²) in [4.78, 5) is 26.7. The molecular formula is C27H34N6O3S. The Kier molecular flexibility index (Phi) is 7.30. The van der Waals surface area contributed by atoms with Crippen LogP contribution in [-0.2, 0) is 9.47 Å². The van der Waals surface area contributed by atoms with Crippen molar-refractivity contribution in [3.05, 3.63) is 47.8 Å². The van der Waals surface area contributed by atoms with Crippen LogP contribution >= 0.6 is 11.3 Å². The number of benzene rings is 1. The van der Waals surface area contributed by atoms with Gasteiger partial charge in [-0.25, -0.2) is 19.7 Å². The van der Waals surface area contributed by atoms with E-state index in [1.165, 1.54) is 12.8 Å². The molecule has 1 saturated carbocycles. The van der Waals surface area contributed by atoms with Crippen molar-refractivity contribution in [1.82, 2.24) is 15.0 Å². The average Bonchev–Trinajstić information content (AvgIpc) is 3.39. The zero-order valence-corrected chi connectivity index (χ0v) is 22.3. The van der Waals surface area contributed by atoms with Crippen LogP contribution in [0.25, 0.3) is 10.6 Å². The number of thiazole rings is 1. The fourth-order valence-electron chi connectivity index (χ4n) is 4.51. The lowest BCUT2D eigenvalue weighted by molar-refractivity contribution is 0.0360. The molecule has 9 nitrogen and oxygen atoms in total. The molecule has 3 heterocycles. The minimum absolute atomic E-state index is 0.263. The van der Waals surface area contributed by atoms with E-state index in [1.807, 2.05) is 51.1 Å². The van der Waals surface area contributed by atoms with Gasteiger partial charge in [0.1, 0.15) is 6.10 Å². The van der Waals surface area contributed by atoms with Gasteiger partial charge < -0.3 is 25.8 Å². The molecular weight excluding hydrogens is 488 g/mol. The van der Waals surface area contributed by atoms with Crippen molar-refractivity contribution in [1.29, 1.82) is 0 Å². The molecule has 2 unspecified atom stereocenters. The maximum absolute atomic E-state index is 11.4. The molecule has 3 aromatic rings. The van der Waals surface area contributed by atoms with Crippen LogP contribution in [0.4, 0.5) is 21.6 Å². The minimum Gasteiger partial charge on any atom is -0.441 e. The van der Waals surface area contributed by atoms with E-state index in [-0.39, 0.29) is 11.5 Å². The molecule has 1 aliphatic carbocycles. The van der Waals surface area contributed by atoms with E-state index >= 15 is 0 Å². The molecule has 2 atom stereocenters. The largest absolute Gasteiger partial charge is 0.441 e. The summed E-state index contributed by atoms with van der Waals surface area (Å²) in [6, 6.07) is 9.62. The van der Waals surface area contributed by atoms with Crippen LogP contribution in [0.1, 0.15) is 69.7 Å². The Morgan fingerprint density at radius 2 is 1.97 bits per heavy atom. The number of nitrogens with one attached hydrogen (secondary N) is 2. The fourth-order valence-corrected chi connectivity index (χ4v) is 5.54. The average molecular weight is 523 g/mol. The lowest BCUT2D eigenvalue weighted by Gasteiger charge is -2.30. The maximum atomic E-state index is 11.4. The Balaban J connectivity index is 1.31. The molecule has 1 amide bonds. The van der Waals surface area contributed by atoms with Gasteiger partial charge in [0.05, 0.1) is 22.4 Å². The van der Waals surface area contributed by atoms with Crippen molar-refractivity contribution in [2.24, 2.45) is 11.1 Å². The van der Waals surface area contributed by atoms with E-state index in [9.17, 15) is 4.79 Å². The van der Waals surface area contributed by atoms with Crippen LogP contribution < -0.4 is 16.4 Å². The summed E-state index contributed by atoms with van der Waals surface area (Å²) in [5, 5.41) is 7.68. The summed E-state index contributed by atoms with van der Waals surface area (Å²) in [6.45, 7) is 7.64. The third kappa shape index (κ3) is 6.37. The predicted molar refractivity (Wildman–Crippen MR) is 145 cm³/mol. The number of anilines is 3. The Bertz CT molecular complexity index is 1230.